The molecule has 3 atom stereocenters. The van der Waals surface area contributed by atoms with Crippen LogP contribution in [0.25, 0.3) is 0 Å². The number of carbonyl (C=O) groups is 1. The Bertz CT molecular complexity index is 898. The van der Waals surface area contributed by atoms with Gasteiger partial charge in [0.2, 0.25) is 5.91 Å². The zero-order valence-corrected chi connectivity index (χ0v) is 17.1. The lowest BCUT2D eigenvalue weighted by Gasteiger charge is -2.39. The molecule has 30 heavy (non-hydrogen) atoms. The van der Waals surface area contributed by atoms with Gasteiger partial charge in [-0.2, -0.15) is 5.26 Å². The summed E-state index contributed by atoms with van der Waals surface area (Å²) < 4.78 is 6.35. The van der Waals surface area contributed by atoms with Crippen LogP contribution >= 0.6 is 0 Å². The van der Waals surface area contributed by atoms with E-state index in [9.17, 15) is 4.79 Å². The second kappa shape index (κ2) is 9.20. The molecule has 0 aliphatic carbocycles. The molecular weight excluding hydrogens is 380 g/mol. The van der Waals surface area contributed by atoms with Crippen LogP contribution in [0.1, 0.15) is 43.0 Å². The highest BCUT2D eigenvalue weighted by Gasteiger charge is 2.34. The SMILES string of the molecule is CN1C(=O)CC(c2ccncn2)NC1OC1CCCN(c2ccc(C#N)cc2)CC1. The van der Waals surface area contributed by atoms with E-state index in [1.807, 2.05) is 30.3 Å². The monoisotopic (exact) mass is 406 g/mol. The number of hydrogen-bond acceptors (Lipinski definition) is 7. The van der Waals surface area contributed by atoms with Gasteiger partial charge in [-0.05, 0) is 49.6 Å². The topological polar surface area (TPSA) is 94.4 Å². The number of ether oxygens (including phenoxy) is 1. The van der Waals surface area contributed by atoms with E-state index < -0.39 is 6.35 Å². The first-order valence-electron chi connectivity index (χ1n) is 10.3. The maximum absolute atomic E-state index is 12.5. The minimum atomic E-state index is -0.474. The molecule has 156 valence electrons. The predicted molar refractivity (Wildman–Crippen MR) is 111 cm³/mol. The van der Waals surface area contributed by atoms with Crippen molar-refractivity contribution >= 4 is 11.6 Å². The molecule has 3 heterocycles. The molecule has 8 heteroatoms. The molecule has 2 aliphatic heterocycles. The number of benzene rings is 1. The highest BCUT2D eigenvalue weighted by molar-refractivity contribution is 5.77. The van der Waals surface area contributed by atoms with Crippen molar-refractivity contribution < 1.29 is 9.53 Å². The molecule has 0 spiro atoms. The van der Waals surface area contributed by atoms with Crippen LogP contribution in [0.15, 0.2) is 42.9 Å². The zero-order valence-electron chi connectivity index (χ0n) is 17.1. The van der Waals surface area contributed by atoms with E-state index >= 15 is 0 Å². The van der Waals surface area contributed by atoms with Gasteiger partial charge in [-0.25, -0.2) is 9.97 Å². The molecule has 2 saturated heterocycles. The molecule has 4 rings (SSSR count). The van der Waals surface area contributed by atoms with Crippen molar-refractivity contribution in [3.8, 4) is 6.07 Å². The fourth-order valence-electron chi connectivity index (χ4n) is 4.01. The Kier molecular flexibility index (Phi) is 6.21. The highest BCUT2D eigenvalue weighted by atomic mass is 16.5. The van der Waals surface area contributed by atoms with Crippen LogP contribution in [0, 0.1) is 11.3 Å². The maximum Gasteiger partial charge on any atom is 0.227 e. The zero-order chi connectivity index (χ0) is 20.9. The predicted octanol–water partition coefficient (Wildman–Crippen LogP) is 2.20. The molecule has 2 fully saturated rings. The molecule has 1 N–H and O–H groups in total. The normalized spacial score (nSPS) is 24.9. The van der Waals surface area contributed by atoms with Gasteiger partial charge in [0.15, 0.2) is 6.35 Å². The Morgan fingerprint density at radius 1 is 1.20 bits per heavy atom. The number of nitrogens with one attached hydrogen (secondary N) is 1. The van der Waals surface area contributed by atoms with Crippen LogP contribution in [0.5, 0.6) is 0 Å². The van der Waals surface area contributed by atoms with Crippen molar-refractivity contribution in [2.45, 2.75) is 44.2 Å². The standard InChI is InChI=1S/C22H26N6O2/c1-27-21(29)13-20(19-8-10-24-15-25-19)26-22(27)30-18-3-2-11-28(12-9-18)17-6-4-16(14-23)5-7-17/h4-8,10,15,18,20,22,26H,2-3,9,11-13H2,1H3. The molecule has 0 bridgehead atoms. The first kappa shape index (κ1) is 20.3. The summed E-state index contributed by atoms with van der Waals surface area (Å²) in [6.07, 6.45) is 5.94. The highest BCUT2D eigenvalue weighted by Crippen LogP contribution is 2.26. The van der Waals surface area contributed by atoms with E-state index in [4.69, 9.17) is 10.00 Å². The minimum absolute atomic E-state index is 0.0372. The lowest BCUT2D eigenvalue weighted by molar-refractivity contribution is -0.166. The quantitative estimate of drug-likeness (QED) is 0.832. The lowest BCUT2D eigenvalue weighted by Crippen LogP contribution is -2.56. The number of hydrogen-bond donors (Lipinski definition) is 1. The van der Waals surface area contributed by atoms with Gasteiger partial charge in [-0.3, -0.25) is 10.1 Å². The average Bonchev–Trinajstić information content (AvgIpc) is 3.03. The molecule has 2 aliphatic rings. The van der Waals surface area contributed by atoms with E-state index in [0.29, 0.717) is 12.0 Å². The number of anilines is 1. The molecule has 2 aromatic rings. The fraction of sp³-hybridized carbons (Fsp3) is 0.455. The smallest absolute Gasteiger partial charge is 0.227 e. The summed E-state index contributed by atoms with van der Waals surface area (Å²) in [6.45, 7) is 1.82. The Labute approximate surface area is 176 Å². The van der Waals surface area contributed by atoms with Crippen molar-refractivity contribution in [3.63, 3.8) is 0 Å². The third-order valence-corrected chi connectivity index (χ3v) is 5.79. The van der Waals surface area contributed by atoms with Crippen molar-refractivity contribution in [1.82, 2.24) is 20.2 Å². The lowest BCUT2D eigenvalue weighted by atomic mass is 10.1. The summed E-state index contributed by atoms with van der Waals surface area (Å²) in [6, 6.07) is 11.5. The number of nitrogens with zero attached hydrogens (tertiary/aromatic N) is 5. The van der Waals surface area contributed by atoms with Crippen molar-refractivity contribution in [1.29, 1.82) is 5.26 Å². The number of rotatable bonds is 4. The van der Waals surface area contributed by atoms with Crippen LogP contribution in [-0.2, 0) is 9.53 Å². The Morgan fingerprint density at radius 2 is 2.03 bits per heavy atom. The Hall–Kier alpha value is -3.02. The molecule has 1 amide bonds. The number of amides is 1. The van der Waals surface area contributed by atoms with Crippen LogP contribution in [-0.4, -0.2) is 53.4 Å². The molecule has 0 saturated carbocycles. The fourth-order valence-corrected chi connectivity index (χ4v) is 4.01. The Morgan fingerprint density at radius 3 is 2.77 bits per heavy atom. The van der Waals surface area contributed by atoms with E-state index in [1.54, 1.807) is 18.1 Å². The van der Waals surface area contributed by atoms with Crippen LogP contribution in [0.2, 0.25) is 0 Å². The van der Waals surface area contributed by atoms with E-state index in [1.165, 1.54) is 6.33 Å². The first-order valence-corrected chi connectivity index (χ1v) is 10.3. The van der Waals surface area contributed by atoms with Gasteiger partial charge in [-0.1, -0.05) is 0 Å². The molecule has 1 aromatic carbocycles. The van der Waals surface area contributed by atoms with Crippen molar-refractivity contribution in [3.05, 3.63) is 54.1 Å². The number of nitriles is 1. The molecule has 1 aromatic heterocycles. The third kappa shape index (κ3) is 4.58. The summed E-state index contributed by atoms with van der Waals surface area (Å²) in [5, 5.41) is 12.4. The molecule has 0 radical (unpaired) electrons. The molecule has 8 nitrogen and oxygen atoms in total. The van der Waals surface area contributed by atoms with Crippen molar-refractivity contribution in [2.24, 2.45) is 0 Å². The Balaban J connectivity index is 1.38. The van der Waals surface area contributed by atoms with Crippen LogP contribution in [0.3, 0.4) is 0 Å². The second-order valence-electron chi connectivity index (χ2n) is 7.75. The van der Waals surface area contributed by atoms with Crippen LogP contribution < -0.4 is 10.2 Å². The molecular formula is C22H26N6O2. The van der Waals surface area contributed by atoms with Gasteiger partial charge in [-0.15, -0.1) is 0 Å². The summed E-state index contributed by atoms with van der Waals surface area (Å²) in [5.74, 6) is 0.0372. The van der Waals surface area contributed by atoms with Gasteiger partial charge in [0.1, 0.15) is 6.33 Å². The largest absolute Gasteiger partial charge is 0.371 e. The maximum atomic E-state index is 12.5. The summed E-state index contributed by atoms with van der Waals surface area (Å²) in [5.41, 5.74) is 2.60. The van der Waals surface area contributed by atoms with Gasteiger partial charge in [0.05, 0.1) is 29.5 Å². The molecule has 3 unspecified atom stereocenters. The van der Waals surface area contributed by atoms with Crippen molar-refractivity contribution in [2.75, 3.05) is 25.0 Å². The van der Waals surface area contributed by atoms with Gasteiger partial charge < -0.3 is 14.5 Å². The van der Waals surface area contributed by atoms with Gasteiger partial charge >= 0.3 is 0 Å². The van der Waals surface area contributed by atoms with E-state index in [2.05, 4.69) is 26.3 Å². The summed E-state index contributed by atoms with van der Waals surface area (Å²) in [4.78, 5) is 24.7. The number of carbonyl (C=O) groups excluding carboxylic acids is 1. The van der Waals surface area contributed by atoms with Crippen LogP contribution in [0.4, 0.5) is 5.69 Å². The second-order valence-corrected chi connectivity index (χ2v) is 7.75. The summed E-state index contributed by atoms with van der Waals surface area (Å²) >= 11 is 0. The first-order chi connectivity index (χ1) is 14.6. The third-order valence-electron chi connectivity index (χ3n) is 5.79. The number of aromatic nitrogens is 2. The minimum Gasteiger partial charge on any atom is -0.371 e. The van der Waals surface area contributed by atoms with Gasteiger partial charge in [0, 0.05) is 38.4 Å². The van der Waals surface area contributed by atoms with Gasteiger partial charge in [0.25, 0.3) is 0 Å². The van der Waals surface area contributed by atoms with E-state index in [0.717, 1.165) is 43.7 Å². The van der Waals surface area contributed by atoms with E-state index in [-0.39, 0.29) is 18.1 Å². The summed E-state index contributed by atoms with van der Waals surface area (Å²) in [7, 11) is 1.77. The average molecular weight is 406 g/mol.